The van der Waals surface area contributed by atoms with E-state index in [4.69, 9.17) is 0 Å². The van der Waals surface area contributed by atoms with E-state index in [1.165, 1.54) is 31.3 Å². The van der Waals surface area contributed by atoms with E-state index in [9.17, 15) is 17.6 Å². The van der Waals surface area contributed by atoms with Crippen LogP contribution in [-0.4, -0.2) is 21.8 Å². The Morgan fingerprint density at radius 1 is 1.10 bits per heavy atom. The summed E-state index contributed by atoms with van der Waals surface area (Å²) < 4.78 is 39.2. The van der Waals surface area contributed by atoms with E-state index in [-0.39, 0.29) is 16.1 Å². The third-order valence-corrected chi connectivity index (χ3v) is 4.68. The molecule has 0 atom stereocenters. The molecule has 0 aliphatic heterocycles. The Morgan fingerprint density at radius 3 is 2.30 bits per heavy atom. The topological polar surface area (TPSA) is 54.5 Å². The summed E-state index contributed by atoms with van der Waals surface area (Å²) >= 11 is 0. The lowest BCUT2D eigenvalue weighted by atomic mass is 10.2. The smallest absolute Gasteiger partial charge is 0.264 e. The Kier molecular flexibility index (Phi) is 3.85. The lowest BCUT2D eigenvalue weighted by Crippen LogP contribution is -2.26. The van der Waals surface area contributed by atoms with Crippen molar-refractivity contribution in [3.8, 4) is 0 Å². The third kappa shape index (κ3) is 2.55. The molecule has 2 rings (SSSR count). The molecular formula is C14H12FNO3S. The highest BCUT2D eigenvalue weighted by molar-refractivity contribution is 7.92. The van der Waals surface area contributed by atoms with E-state index >= 15 is 0 Å². The number of aldehydes is 1. The molecule has 0 aliphatic carbocycles. The van der Waals surface area contributed by atoms with Crippen LogP contribution in [0.4, 0.5) is 10.1 Å². The van der Waals surface area contributed by atoms with Crippen molar-refractivity contribution in [1.29, 1.82) is 0 Å². The van der Waals surface area contributed by atoms with Gasteiger partial charge in [0.1, 0.15) is 5.82 Å². The highest BCUT2D eigenvalue weighted by Gasteiger charge is 2.21. The van der Waals surface area contributed by atoms with Gasteiger partial charge in [0.2, 0.25) is 0 Å². The number of anilines is 1. The molecule has 0 spiro atoms. The molecule has 0 unspecified atom stereocenters. The van der Waals surface area contributed by atoms with Crippen LogP contribution >= 0.6 is 0 Å². The summed E-state index contributed by atoms with van der Waals surface area (Å²) in [5.74, 6) is -0.757. The Bertz CT molecular complexity index is 729. The van der Waals surface area contributed by atoms with E-state index in [0.717, 1.165) is 10.4 Å². The Labute approximate surface area is 116 Å². The largest absolute Gasteiger partial charge is 0.298 e. The number of hydrogen-bond donors (Lipinski definition) is 0. The molecule has 0 amide bonds. The molecule has 2 aromatic carbocycles. The van der Waals surface area contributed by atoms with E-state index in [2.05, 4.69) is 0 Å². The predicted octanol–water partition coefficient (Wildman–Crippen LogP) is 2.46. The van der Waals surface area contributed by atoms with E-state index in [0.29, 0.717) is 6.29 Å². The minimum atomic E-state index is -3.75. The lowest BCUT2D eigenvalue weighted by Gasteiger charge is -2.19. The summed E-state index contributed by atoms with van der Waals surface area (Å²) in [6.07, 6.45) is 0.380. The number of halogens is 1. The monoisotopic (exact) mass is 293 g/mol. The van der Waals surface area contributed by atoms with Gasteiger partial charge in [-0.3, -0.25) is 9.10 Å². The molecule has 0 heterocycles. The van der Waals surface area contributed by atoms with Crippen LogP contribution in [0, 0.1) is 5.82 Å². The zero-order valence-electron chi connectivity index (χ0n) is 10.7. The van der Waals surface area contributed by atoms with Crippen LogP contribution in [0.5, 0.6) is 0 Å². The number of carbonyl (C=O) groups excluding carboxylic acids is 1. The number of sulfonamides is 1. The Hall–Kier alpha value is -2.21. The quantitative estimate of drug-likeness (QED) is 0.814. The van der Waals surface area contributed by atoms with Gasteiger partial charge in [-0.15, -0.1) is 0 Å². The van der Waals surface area contributed by atoms with E-state index in [1.807, 2.05) is 0 Å². The number of rotatable bonds is 4. The zero-order valence-corrected chi connectivity index (χ0v) is 11.5. The van der Waals surface area contributed by atoms with Crippen molar-refractivity contribution >= 4 is 22.0 Å². The van der Waals surface area contributed by atoms with Crippen molar-refractivity contribution in [2.24, 2.45) is 0 Å². The van der Waals surface area contributed by atoms with Crippen molar-refractivity contribution in [3.05, 3.63) is 59.9 Å². The van der Waals surface area contributed by atoms with Gasteiger partial charge in [0.25, 0.3) is 10.0 Å². The summed E-state index contributed by atoms with van der Waals surface area (Å²) in [4.78, 5) is 10.7. The van der Waals surface area contributed by atoms with Crippen molar-refractivity contribution in [3.63, 3.8) is 0 Å². The Balaban J connectivity index is 2.43. The van der Waals surface area contributed by atoms with Gasteiger partial charge >= 0.3 is 0 Å². The molecule has 0 fully saturated rings. The fourth-order valence-corrected chi connectivity index (χ4v) is 2.91. The molecule has 0 N–H and O–H groups in total. The first-order valence-corrected chi connectivity index (χ1v) is 7.19. The van der Waals surface area contributed by atoms with E-state index in [1.54, 1.807) is 18.2 Å². The maximum absolute atomic E-state index is 13.5. The van der Waals surface area contributed by atoms with Crippen LogP contribution < -0.4 is 4.31 Å². The van der Waals surface area contributed by atoms with Crippen LogP contribution in [0.3, 0.4) is 0 Å². The minimum absolute atomic E-state index is 0.112. The van der Waals surface area contributed by atoms with Gasteiger partial charge in [0, 0.05) is 7.05 Å². The lowest BCUT2D eigenvalue weighted by molar-refractivity contribution is 0.112. The molecule has 0 aliphatic rings. The molecule has 20 heavy (non-hydrogen) atoms. The van der Waals surface area contributed by atoms with Gasteiger partial charge < -0.3 is 0 Å². The molecule has 0 bridgehead atoms. The molecule has 0 saturated heterocycles. The van der Waals surface area contributed by atoms with Crippen LogP contribution in [0.25, 0.3) is 0 Å². The number of hydrogen-bond acceptors (Lipinski definition) is 3. The highest BCUT2D eigenvalue weighted by atomic mass is 32.2. The van der Waals surface area contributed by atoms with Crippen LogP contribution in [0.15, 0.2) is 53.4 Å². The van der Waals surface area contributed by atoms with Gasteiger partial charge in [-0.2, -0.15) is 0 Å². The molecule has 0 aromatic heterocycles. The zero-order chi connectivity index (χ0) is 14.8. The summed E-state index contributed by atoms with van der Waals surface area (Å²) in [5.41, 5.74) is 0.0382. The maximum Gasteiger partial charge on any atom is 0.264 e. The minimum Gasteiger partial charge on any atom is -0.298 e. The van der Waals surface area contributed by atoms with E-state index < -0.39 is 15.8 Å². The maximum atomic E-state index is 13.5. The summed E-state index contributed by atoms with van der Waals surface area (Å²) in [6, 6.07) is 11.5. The average Bonchev–Trinajstić information content (AvgIpc) is 2.47. The Morgan fingerprint density at radius 2 is 1.75 bits per heavy atom. The first-order chi connectivity index (χ1) is 9.46. The average molecular weight is 293 g/mol. The summed E-state index contributed by atoms with van der Waals surface area (Å²) in [6.45, 7) is 0. The molecular weight excluding hydrogens is 281 g/mol. The number of carbonyl (C=O) groups is 1. The van der Waals surface area contributed by atoms with Gasteiger partial charge in [-0.25, -0.2) is 12.8 Å². The van der Waals surface area contributed by atoms with Gasteiger partial charge in [0.15, 0.2) is 6.29 Å². The normalized spacial score (nSPS) is 11.1. The van der Waals surface area contributed by atoms with Crippen LogP contribution in [0.2, 0.25) is 0 Å². The van der Waals surface area contributed by atoms with Crippen LogP contribution in [0.1, 0.15) is 10.4 Å². The van der Waals surface area contributed by atoms with Gasteiger partial charge in [0.05, 0.1) is 16.1 Å². The first-order valence-electron chi connectivity index (χ1n) is 5.75. The second-order valence-corrected chi connectivity index (χ2v) is 6.08. The fourth-order valence-electron chi connectivity index (χ4n) is 1.70. The molecule has 2 aromatic rings. The number of benzene rings is 2. The molecule has 0 radical (unpaired) electrons. The van der Waals surface area contributed by atoms with Crippen molar-refractivity contribution in [2.75, 3.05) is 11.4 Å². The SMILES string of the molecule is CN(c1ccc(C=O)c(F)c1)S(=O)(=O)c1ccccc1. The summed E-state index contributed by atoms with van der Waals surface area (Å²) in [5, 5.41) is 0. The molecule has 6 heteroatoms. The van der Waals surface area contributed by atoms with Crippen LogP contribution in [-0.2, 0) is 10.0 Å². The fraction of sp³-hybridized carbons (Fsp3) is 0.0714. The number of nitrogens with zero attached hydrogens (tertiary/aromatic N) is 1. The highest BCUT2D eigenvalue weighted by Crippen LogP contribution is 2.23. The molecule has 0 saturated carbocycles. The predicted molar refractivity (Wildman–Crippen MR) is 73.8 cm³/mol. The van der Waals surface area contributed by atoms with Crippen molar-refractivity contribution < 1.29 is 17.6 Å². The molecule has 104 valence electrons. The second kappa shape index (κ2) is 5.42. The van der Waals surface area contributed by atoms with Gasteiger partial charge in [-0.05, 0) is 30.3 Å². The first kappa shape index (κ1) is 14.2. The van der Waals surface area contributed by atoms with Crippen molar-refractivity contribution in [2.45, 2.75) is 4.90 Å². The third-order valence-electron chi connectivity index (χ3n) is 2.88. The molecule has 4 nitrogen and oxygen atoms in total. The standard InChI is InChI=1S/C14H12FNO3S/c1-16(12-8-7-11(10-17)14(15)9-12)20(18,19)13-5-3-2-4-6-13/h2-10H,1H3. The summed E-state index contributed by atoms with van der Waals surface area (Å²) in [7, 11) is -2.42. The van der Waals surface area contributed by atoms with Crippen molar-refractivity contribution in [1.82, 2.24) is 0 Å². The second-order valence-electron chi connectivity index (χ2n) is 4.11. The van der Waals surface area contributed by atoms with Gasteiger partial charge in [-0.1, -0.05) is 18.2 Å².